The van der Waals surface area contributed by atoms with Crippen molar-refractivity contribution in [2.24, 2.45) is 0 Å². The Morgan fingerprint density at radius 1 is 1.44 bits per heavy atom. The number of rotatable bonds is 6. The van der Waals surface area contributed by atoms with Gasteiger partial charge in [0.05, 0.1) is 23.6 Å². The molecule has 0 saturated heterocycles. The minimum absolute atomic E-state index is 0.187. The van der Waals surface area contributed by atoms with E-state index >= 15 is 0 Å². The Balaban J connectivity index is 3.03. The zero-order valence-corrected chi connectivity index (χ0v) is 10.9. The first-order chi connectivity index (χ1) is 8.50. The van der Waals surface area contributed by atoms with Crippen molar-refractivity contribution in [1.29, 1.82) is 0 Å². The highest BCUT2D eigenvalue weighted by Gasteiger charge is 2.15. The molecule has 1 rings (SSSR count). The molecule has 0 amide bonds. The highest BCUT2D eigenvalue weighted by Crippen LogP contribution is 2.17. The lowest BCUT2D eigenvalue weighted by Gasteiger charge is -2.10. The molecule has 98 valence electrons. The number of hydrogen-bond donors (Lipinski definition) is 1. The molecule has 0 aromatic heterocycles. The maximum Gasteiger partial charge on any atom is 0.340 e. The summed E-state index contributed by atoms with van der Waals surface area (Å²) in [5, 5.41) is 0. The van der Waals surface area contributed by atoms with Crippen molar-refractivity contribution in [2.45, 2.75) is 6.92 Å². The van der Waals surface area contributed by atoms with Crippen molar-refractivity contribution < 1.29 is 17.9 Å². The zero-order chi connectivity index (χ0) is 13.6. The first-order valence-electron chi connectivity index (χ1n) is 5.37. The molecule has 0 aliphatic carbocycles. The van der Waals surface area contributed by atoms with E-state index in [2.05, 4.69) is 11.3 Å². The van der Waals surface area contributed by atoms with Gasteiger partial charge in [-0.1, -0.05) is 18.2 Å². The standard InChI is InChI=1S/C12H15NO4S/c1-3-9-18(15,16)13-11-8-6-5-7-10(11)12(14)17-4-2/h3,5-8,13H,1,4,9H2,2H3. The van der Waals surface area contributed by atoms with Gasteiger partial charge in [-0.3, -0.25) is 4.72 Å². The van der Waals surface area contributed by atoms with Crippen LogP contribution in [0, 0.1) is 0 Å². The molecule has 0 unspecified atom stereocenters. The van der Waals surface area contributed by atoms with E-state index in [0.29, 0.717) is 0 Å². The maximum atomic E-state index is 11.6. The number of carbonyl (C=O) groups excluding carboxylic acids is 1. The van der Waals surface area contributed by atoms with Crippen LogP contribution in [0.3, 0.4) is 0 Å². The number of carbonyl (C=O) groups is 1. The van der Waals surface area contributed by atoms with Gasteiger partial charge < -0.3 is 4.74 Å². The van der Waals surface area contributed by atoms with Crippen molar-refractivity contribution in [3.8, 4) is 0 Å². The summed E-state index contributed by atoms with van der Waals surface area (Å²) in [4.78, 5) is 11.6. The predicted octanol–water partition coefficient (Wildman–Crippen LogP) is 1.79. The van der Waals surface area contributed by atoms with Gasteiger partial charge in [-0.15, -0.1) is 6.58 Å². The molecular formula is C12H15NO4S. The molecule has 0 aliphatic rings. The maximum absolute atomic E-state index is 11.6. The first-order valence-corrected chi connectivity index (χ1v) is 7.03. The lowest BCUT2D eigenvalue weighted by Crippen LogP contribution is -2.18. The second-order valence-corrected chi connectivity index (χ2v) is 5.21. The average molecular weight is 269 g/mol. The van der Waals surface area contributed by atoms with Gasteiger partial charge in [-0.2, -0.15) is 0 Å². The molecule has 0 spiro atoms. The highest BCUT2D eigenvalue weighted by atomic mass is 32.2. The summed E-state index contributed by atoms with van der Waals surface area (Å²) in [6.07, 6.45) is 1.27. The number of hydrogen-bond acceptors (Lipinski definition) is 4. The molecular weight excluding hydrogens is 254 g/mol. The Bertz CT molecular complexity index is 537. The normalized spacial score (nSPS) is 10.7. The predicted molar refractivity (Wildman–Crippen MR) is 70.0 cm³/mol. The van der Waals surface area contributed by atoms with Gasteiger partial charge in [-0.05, 0) is 19.1 Å². The molecule has 0 bridgehead atoms. The van der Waals surface area contributed by atoms with E-state index in [9.17, 15) is 13.2 Å². The quantitative estimate of drug-likeness (QED) is 0.631. The van der Waals surface area contributed by atoms with Gasteiger partial charge in [0.25, 0.3) is 0 Å². The highest BCUT2D eigenvalue weighted by molar-refractivity contribution is 7.92. The van der Waals surface area contributed by atoms with Crippen LogP contribution in [0.4, 0.5) is 5.69 Å². The van der Waals surface area contributed by atoms with Crippen molar-refractivity contribution >= 4 is 21.7 Å². The third kappa shape index (κ3) is 3.89. The van der Waals surface area contributed by atoms with E-state index in [0.717, 1.165) is 0 Å². The van der Waals surface area contributed by atoms with Gasteiger partial charge >= 0.3 is 5.97 Å². The molecule has 5 nitrogen and oxygen atoms in total. The largest absolute Gasteiger partial charge is 0.462 e. The van der Waals surface area contributed by atoms with Crippen molar-refractivity contribution in [2.75, 3.05) is 17.1 Å². The van der Waals surface area contributed by atoms with E-state index in [-0.39, 0.29) is 23.6 Å². The molecule has 0 radical (unpaired) electrons. The Morgan fingerprint density at radius 3 is 2.72 bits per heavy atom. The number of anilines is 1. The van der Waals surface area contributed by atoms with Crippen LogP contribution in [0.15, 0.2) is 36.9 Å². The lowest BCUT2D eigenvalue weighted by molar-refractivity contribution is 0.0527. The molecule has 1 aromatic rings. The Hall–Kier alpha value is -1.82. The smallest absolute Gasteiger partial charge is 0.340 e. The van der Waals surface area contributed by atoms with E-state index in [1.165, 1.54) is 18.2 Å². The fraction of sp³-hybridized carbons (Fsp3) is 0.250. The summed E-state index contributed by atoms with van der Waals surface area (Å²) in [7, 11) is -3.53. The second kappa shape index (κ2) is 6.20. The van der Waals surface area contributed by atoms with Gasteiger partial charge in [0.1, 0.15) is 0 Å². The Morgan fingerprint density at radius 2 is 2.11 bits per heavy atom. The summed E-state index contributed by atoms with van der Waals surface area (Å²) in [6, 6.07) is 6.28. The Labute approximate surface area is 107 Å². The van der Waals surface area contributed by atoms with Crippen LogP contribution in [-0.4, -0.2) is 26.7 Å². The molecule has 0 fully saturated rings. The van der Waals surface area contributed by atoms with Gasteiger partial charge in [0.15, 0.2) is 0 Å². The number of sulfonamides is 1. The summed E-state index contributed by atoms with van der Waals surface area (Å²) in [5.74, 6) is -0.779. The monoisotopic (exact) mass is 269 g/mol. The summed E-state index contributed by atoms with van der Waals surface area (Å²) < 4.78 is 30.4. The van der Waals surface area contributed by atoms with E-state index in [1.807, 2.05) is 0 Å². The molecule has 0 atom stereocenters. The molecule has 0 heterocycles. The summed E-state index contributed by atoms with van der Waals surface area (Å²) in [5.41, 5.74) is 0.393. The number of ether oxygens (including phenoxy) is 1. The van der Waals surface area contributed by atoms with Crippen LogP contribution < -0.4 is 4.72 Å². The molecule has 6 heteroatoms. The van der Waals surface area contributed by atoms with Crippen LogP contribution in [0.25, 0.3) is 0 Å². The molecule has 1 aromatic carbocycles. The van der Waals surface area contributed by atoms with Crippen molar-refractivity contribution in [3.63, 3.8) is 0 Å². The topological polar surface area (TPSA) is 72.5 Å². The van der Waals surface area contributed by atoms with E-state index in [1.54, 1.807) is 19.1 Å². The van der Waals surface area contributed by atoms with E-state index < -0.39 is 16.0 Å². The van der Waals surface area contributed by atoms with Crippen LogP contribution in [0.5, 0.6) is 0 Å². The SMILES string of the molecule is C=CCS(=O)(=O)Nc1ccccc1C(=O)OCC. The van der Waals surface area contributed by atoms with Gasteiger partial charge in [0.2, 0.25) is 10.0 Å². The minimum atomic E-state index is -3.53. The Kier molecular flexibility index (Phi) is 4.91. The third-order valence-electron chi connectivity index (χ3n) is 2.03. The molecule has 18 heavy (non-hydrogen) atoms. The molecule has 0 saturated carbocycles. The lowest BCUT2D eigenvalue weighted by atomic mass is 10.2. The second-order valence-electron chi connectivity index (χ2n) is 3.44. The first kappa shape index (κ1) is 14.2. The number of esters is 1. The number of nitrogens with one attached hydrogen (secondary N) is 1. The summed E-state index contributed by atoms with van der Waals surface area (Å²) in [6.45, 7) is 5.28. The number of benzene rings is 1. The van der Waals surface area contributed by atoms with Crippen molar-refractivity contribution in [3.05, 3.63) is 42.5 Å². The zero-order valence-electron chi connectivity index (χ0n) is 10.0. The third-order valence-corrected chi connectivity index (χ3v) is 3.23. The average Bonchev–Trinajstić information content (AvgIpc) is 2.29. The molecule has 1 N–H and O–H groups in total. The summed E-state index contributed by atoms with van der Waals surface area (Å²) >= 11 is 0. The fourth-order valence-corrected chi connectivity index (χ4v) is 2.23. The fourth-order valence-electron chi connectivity index (χ4n) is 1.32. The van der Waals surface area contributed by atoms with Gasteiger partial charge in [-0.25, -0.2) is 13.2 Å². The van der Waals surface area contributed by atoms with Crippen LogP contribution in [0.2, 0.25) is 0 Å². The molecule has 0 aliphatic heterocycles. The van der Waals surface area contributed by atoms with Crippen molar-refractivity contribution in [1.82, 2.24) is 0 Å². The van der Waals surface area contributed by atoms with Gasteiger partial charge in [0, 0.05) is 0 Å². The number of para-hydroxylation sites is 1. The minimum Gasteiger partial charge on any atom is -0.462 e. The van der Waals surface area contributed by atoms with E-state index in [4.69, 9.17) is 4.74 Å². The van der Waals surface area contributed by atoms with Crippen LogP contribution in [0.1, 0.15) is 17.3 Å². The van der Waals surface area contributed by atoms with Crippen LogP contribution >= 0.6 is 0 Å². The van der Waals surface area contributed by atoms with Crippen LogP contribution in [-0.2, 0) is 14.8 Å².